The summed E-state index contributed by atoms with van der Waals surface area (Å²) in [6.45, 7) is 4.93. The number of carbonyl (C=O) groups excluding carboxylic acids is 1. The molecule has 0 aliphatic heterocycles. The minimum Gasteiger partial charge on any atom is -0.323 e. The number of amides is 1. The third-order valence-corrected chi connectivity index (χ3v) is 7.92. The number of hydrogen-bond acceptors (Lipinski definition) is 4. The van der Waals surface area contributed by atoms with E-state index in [0.29, 0.717) is 37.2 Å². The van der Waals surface area contributed by atoms with Crippen LogP contribution in [-0.4, -0.2) is 30.1 Å². The van der Waals surface area contributed by atoms with E-state index in [2.05, 4.69) is 15.0 Å². The van der Waals surface area contributed by atoms with Crippen LogP contribution in [0.1, 0.15) is 52.0 Å². The largest absolute Gasteiger partial charge is 0.416 e. The second-order valence-electron chi connectivity index (χ2n) is 9.17. The minimum absolute atomic E-state index is 0.163. The average molecular weight is 486 g/mol. The van der Waals surface area contributed by atoms with Gasteiger partial charge in [0.15, 0.2) is 6.20 Å². The number of alkyl halides is 3. The van der Waals surface area contributed by atoms with Crippen molar-refractivity contribution in [1.29, 1.82) is 0 Å². The maximum atomic E-state index is 12.7. The highest BCUT2D eigenvalue weighted by atomic mass is 32.2. The van der Waals surface area contributed by atoms with Gasteiger partial charge in [-0.2, -0.15) is 13.2 Å². The summed E-state index contributed by atoms with van der Waals surface area (Å²) >= 11 is 0. The Morgan fingerprint density at radius 3 is 2.12 bits per heavy atom. The van der Waals surface area contributed by atoms with Crippen LogP contribution >= 0.6 is 0 Å². The van der Waals surface area contributed by atoms with E-state index in [0.717, 1.165) is 12.1 Å². The molecule has 11 heteroatoms. The molecular weight excluding hydrogens is 457 g/mol. The fourth-order valence-electron chi connectivity index (χ4n) is 3.49. The molecule has 2 aromatic rings. The molecule has 0 spiro atoms. The van der Waals surface area contributed by atoms with Crippen LogP contribution in [0.2, 0.25) is 0 Å². The van der Waals surface area contributed by atoms with Crippen molar-refractivity contribution in [3.05, 3.63) is 48.4 Å². The molecule has 1 aliphatic rings. The molecule has 33 heavy (non-hydrogen) atoms. The van der Waals surface area contributed by atoms with E-state index in [-0.39, 0.29) is 17.9 Å². The fraction of sp³-hybridized carbons (Fsp3) is 0.500. The summed E-state index contributed by atoms with van der Waals surface area (Å²) in [5.41, 5.74) is -0.268. The van der Waals surface area contributed by atoms with Gasteiger partial charge in [-0.25, -0.2) is 17.7 Å². The Bertz CT molecular complexity index is 1070. The monoisotopic (exact) mass is 485 g/mol. The van der Waals surface area contributed by atoms with Gasteiger partial charge >= 0.3 is 12.0 Å². The Hall–Kier alpha value is -2.53. The van der Waals surface area contributed by atoms with Gasteiger partial charge in [0.2, 0.25) is 15.9 Å². The number of hydrogen-bond donors (Lipinski definition) is 2. The van der Waals surface area contributed by atoms with Crippen LogP contribution in [0.3, 0.4) is 0 Å². The zero-order valence-corrected chi connectivity index (χ0v) is 19.5. The van der Waals surface area contributed by atoms with Crippen molar-refractivity contribution < 1.29 is 31.0 Å². The Morgan fingerprint density at radius 2 is 1.64 bits per heavy atom. The SMILES string of the molecule is CC(C)(C)S(=O)(=O)NC1CCC(C(=O)Nc2ccc(-[n+]3ccc(C(F)(F)F)cc3)nc2)CC1. The normalized spacial score (nSPS) is 19.8. The number of pyridine rings is 2. The molecule has 0 saturated heterocycles. The summed E-state index contributed by atoms with van der Waals surface area (Å²) < 4.78 is 66.0. The van der Waals surface area contributed by atoms with Gasteiger partial charge in [-0.1, -0.05) is 0 Å². The van der Waals surface area contributed by atoms with Gasteiger partial charge in [-0.05, 0) is 69.6 Å². The molecule has 2 N–H and O–H groups in total. The number of halogens is 3. The summed E-state index contributed by atoms with van der Waals surface area (Å²) in [5, 5.41) is 2.81. The Balaban J connectivity index is 1.54. The highest BCUT2D eigenvalue weighted by Gasteiger charge is 2.34. The van der Waals surface area contributed by atoms with Gasteiger partial charge in [0.1, 0.15) is 0 Å². The summed E-state index contributed by atoms with van der Waals surface area (Å²) in [6, 6.07) is 4.99. The van der Waals surface area contributed by atoms with Crippen molar-refractivity contribution in [3.63, 3.8) is 0 Å². The first-order valence-electron chi connectivity index (χ1n) is 10.6. The number of rotatable bonds is 5. The van der Waals surface area contributed by atoms with Crippen molar-refractivity contribution in [2.45, 2.75) is 63.4 Å². The molecule has 1 fully saturated rings. The van der Waals surface area contributed by atoms with Crippen molar-refractivity contribution >= 4 is 21.6 Å². The highest BCUT2D eigenvalue weighted by Crippen LogP contribution is 2.29. The standard InChI is InChI=1S/C22H27F3N4O3S/c1-21(2,3)33(31,32)28-17-6-4-15(5-7-17)20(30)27-18-8-9-19(26-14-18)29-12-10-16(11-13-29)22(23,24)25/h8-15,17,28H,4-7H2,1-3H3/p+1. The molecule has 0 unspecified atom stereocenters. The molecule has 7 nitrogen and oxygen atoms in total. The second kappa shape index (κ2) is 9.38. The lowest BCUT2D eigenvalue weighted by atomic mass is 9.86. The van der Waals surface area contributed by atoms with E-state index in [1.54, 1.807) is 32.9 Å². The molecule has 2 aromatic heterocycles. The number of anilines is 1. The van der Waals surface area contributed by atoms with Gasteiger partial charge in [-0.3, -0.25) is 4.79 Å². The predicted octanol–water partition coefficient (Wildman–Crippen LogP) is 3.59. The van der Waals surface area contributed by atoms with Crippen LogP contribution in [-0.2, 0) is 21.0 Å². The van der Waals surface area contributed by atoms with Crippen molar-refractivity contribution in [2.75, 3.05) is 5.32 Å². The molecule has 180 valence electrons. The molecule has 0 bridgehead atoms. The Morgan fingerprint density at radius 1 is 1.03 bits per heavy atom. The van der Waals surface area contributed by atoms with Crippen LogP contribution < -0.4 is 14.6 Å². The van der Waals surface area contributed by atoms with Gasteiger partial charge in [0.25, 0.3) is 0 Å². The van der Waals surface area contributed by atoms with E-state index < -0.39 is 26.5 Å². The number of aromatic nitrogens is 2. The van der Waals surface area contributed by atoms with E-state index in [1.165, 1.54) is 23.2 Å². The zero-order chi connectivity index (χ0) is 24.4. The number of carbonyl (C=O) groups is 1. The van der Waals surface area contributed by atoms with Crippen molar-refractivity contribution in [3.8, 4) is 5.82 Å². The third kappa shape index (κ3) is 6.29. The van der Waals surface area contributed by atoms with Crippen molar-refractivity contribution in [2.24, 2.45) is 5.92 Å². The Labute approximate surface area is 191 Å². The van der Waals surface area contributed by atoms with Crippen LogP contribution in [0, 0.1) is 5.92 Å². The maximum Gasteiger partial charge on any atom is 0.416 e. The summed E-state index contributed by atoms with van der Waals surface area (Å²) in [4.78, 5) is 16.8. The first kappa shape index (κ1) is 25.1. The maximum absolute atomic E-state index is 12.7. The highest BCUT2D eigenvalue weighted by molar-refractivity contribution is 7.90. The molecule has 1 aliphatic carbocycles. The first-order chi connectivity index (χ1) is 15.3. The molecule has 1 saturated carbocycles. The summed E-state index contributed by atoms with van der Waals surface area (Å²) in [5.74, 6) is 0.0154. The molecule has 3 rings (SSSR count). The number of sulfonamides is 1. The van der Waals surface area contributed by atoms with Crippen LogP contribution in [0.15, 0.2) is 42.9 Å². The molecule has 2 heterocycles. The topological polar surface area (TPSA) is 92.0 Å². The molecular formula is C22H28F3N4O3S+. The van der Waals surface area contributed by atoms with E-state index in [1.807, 2.05) is 0 Å². The summed E-state index contributed by atoms with van der Waals surface area (Å²) in [6.07, 6.45) is 1.87. The lowest BCUT2D eigenvalue weighted by Gasteiger charge is -2.30. The molecule has 0 radical (unpaired) electrons. The van der Waals surface area contributed by atoms with Crippen molar-refractivity contribution in [1.82, 2.24) is 9.71 Å². The Kier molecular flexibility index (Phi) is 7.13. The van der Waals surface area contributed by atoms with Gasteiger partial charge < -0.3 is 5.32 Å². The lowest BCUT2D eigenvalue weighted by molar-refractivity contribution is -0.599. The van der Waals surface area contributed by atoms with Gasteiger partial charge in [-0.15, -0.1) is 0 Å². The second-order valence-corrected chi connectivity index (χ2v) is 11.6. The van der Waals surface area contributed by atoms with Gasteiger partial charge in [0.05, 0.1) is 28.4 Å². The first-order valence-corrected chi connectivity index (χ1v) is 12.1. The fourth-order valence-corrected chi connectivity index (χ4v) is 4.52. The predicted molar refractivity (Wildman–Crippen MR) is 117 cm³/mol. The van der Waals surface area contributed by atoms with Crippen LogP contribution in [0.5, 0.6) is 0 Å². The van der Waals surface area contributed by atoms with E-state index >= 15 is 0 Å². The zero-order valence-electron chi connectivity index (χ0n) is 18.7. The third-order valence-electron chi connectivity index (χ3n) is 5.66. The number of nitrogens with zero attached hydrogens (tertiary/aromatic N) is 2. The van der Waals surface area contributed by atoms with Gasteiger partial charge in [0, 0.05) is 18.0 Å². The van der Waals surface area contributed by atoms with E-state index in [4.69, 9.17) is 0 Å². The molecule has 0 aromatic carbocycles. The molecule has 1 amide bonds. The minimum atomic E-state index is -4.41. The quantitative estimate of drug-likeness (QED) is 0.633. The van der Waals surface area contributed by atoms with E-state index in [9.17, 15) is 26.4 Å². The van der Waals surface area contributed by atoms with Crippen LogP contribution in [0.4, 0.5) is 18.9 Å². The smallest absolute Gasteiger partial charge is 0.323 e. The molecule has 0 atom stereocenters. The summed E-state index contributed by atoms with van der Waals surface area (Å²) in [7, 11) is -3.44. The lowest BCUT2D eigenvalue weighted by Crippen LogP contribution is -2.46. The average Bonchev–Trinajstić information content (AvgIpc) is 2.73. The van der Waals surface area contributed by atoms with Crippen LogP contribution in [0.25, 0.3) is 5.82 Å². The number of nitrogens with one attached hydrogen (secondary N) is 2.